The third-order valence-electron chi connectivity index (χ3n) is 6.96. The number of carbonyl (C=O) groups excluding carboxylic acids is 2. The van der Waals surface area contributed by atoms with Crippen LogP contribution in [0.3, 0.4) is 0 Å². The van der Waals surface area contributed by atoms with Crippen LogP contribution >= 0.6 is 11.3 Å². The molecule has 33 heavy (non-hydrogen) atoms. The zero-order chi connectivity index (χ0) is 23.3. The van der Waals surface area contributed by atoms with Gasteiger partial charge in [-0.1, -0.05) is 12.1 Å². The summed E-state index contributed by atoms with van der Waals surface area (Å²) in [4.78, 5) is 36.4. The number of aromatic nitrogens is 1. The highest BCUT2D eigenvalue weighted by atomic mass is 32.1. The lowest BCUT2D eigenvalue weighted by Gasteiger charge is -2.41. The number of hydrogen-bond acceptors (Lipinski definition) is 6. The summed E-state index contributed by atoms with van der Waals surface area (Å²) in [6.07, 6.45) is 5.13. The fraction of sp³-hybridized carbons (Fsp3) is 0.560. The predicted molar refractivity (Wildman–Crippen MR) is 129 cm³/mol. The fourth-order valence-corrected chi connectivity index (χ4v) is 5.78. The summed E-state index contributed by atoms with van der Waals surface area (Å²) in [5.74, 6) is 0.621. The topological polar surface area (TPSA) is 66.0 Å². The van der Waals surface area contributed by atoms with Crippen LogP contribution in [0.5, 0.6) is 5.75 Å². The summed E-state index contributed by atoms with van der Waals surface area (Å²) in [6, 6.07) is 7.42. The number of thiazole rings is 1. The molecule has 0 N–H and O–H groups in total. The molecular weight excluding hydrogens is 436 g/mol. The summed E-state index contributed by atoms with van der Waals surface area (Å²) in [5, 5.41) is 2.11. The van der Waals surface area contributed by atoms with E-state index in [-0.39, 0.29) is 17.4 Å². The van der Waals surface area contributed by atoms with Gasteiger partial charge in [0.1, 0.15) is 12.4 Å². The molecule has 0 unspecified atom stereocenters. The van der Waals surface area contributed by atoms with Crippen LogP contribution in [0.4, 0.5) is 0 Å². The average molecular weight is 471 g/mol. The second kappa shape index (κ2) is 10.7. The van der Waals surface area contributed by atoms with Crippen molar-refractivity contribution in [3.63, 3.8) is 0 Å². The van der Waals surface area contributed by atoms with Gasteiger partial charge in [0.05, 0.1) is 23.3 Å². The van der Waals surface area contributed by atoms with Gasteiger partial charge in [0.15, 0.2) is 0 Å². The van der Waals surface area contributed by atoms with E-state index in [0.717, 1.165) is 57.4 Å². The molecule has 2 aliphatic heterocycles. The Morgan fingerprint density at radius 1 is 1.15 bits per heavy atom. The Morgan fingerprint density at radius 3 is 2.76 bits per heavy atom. The highest BCUT2D eigenvalue weighted by Crippen LogP contribution is 2.36. The zero-order valence-corrected chi connectivity index (χ0v) is 20.5. The highest BCUT2D eigenvalue weighted by Gasteiger charge is 2.42. The molecule has 0 radical (unpaired) electrons. The minimum Gasteiger partial charge on any atom is -0.491 e. The van der Waals surface area contributed by atoms with E-state index in [1.807, 2.05) is 46.6 Å². The number of para-hydroxylation sites is 1. The van der Waals surface area contributed by atoms with Crippen molar-refractivity contribution in [3.05, 3.63) is 46.4 Å². The Hall–Kier alpha value is -2.45. The largest absolute Gasteiger partial charge is 0.491 e. The third-order valence-corrected chi connectivity index (χ3v) is 7.59. The molecule has 178 valence electrons. The van der Waals surface area contributed by atoms with Crippen molar-refractivity contribution in [3.8, 4) is 5.75 Å². The minimum absolute atomic E-state index is 0.0223. The molecule has 7 nitrogen and oxygen atoms in total. The van der Waals surface area contributed by atoms with Crippen LogP contribution in [0.25, 0.3) is 0 Å². The normalized spacial score (nSPS) is 23.3. The molecule has 2 aromatic rings. The Kier molecular flexibility index (Phi) is 7.65. The van der Waals surface area contributed by atoms with E-state index >= 15 is 0 Å². The fourth-order valence-electron chi connectivity index (χ4n) is 5.23. The molecule has 1 atom stereocenters. The number of hydrogen-bond donors (Lipinski definition) is 0. The highest BCUT2D eigenvalue weighted by molar-refractivity contribution is 7.07. The van der Waals surface area contributed by atoms with Crippen molar-refractivity contribution in [1.29, 1.82) is 0 Å². The van der Waals surface area contributed by atoms with E-state index in [0.29, 0.717) is 31.0 Å². The zero-order valence-electron chi connectivity index (χ0n) is 19.7. The first-order chi connectivity index (χ1) is 16.0. The van der Waals surface area contributed by atoms with Gasteiger partial charge in [-0.15, -0.1) is 11.3 Å². The number of nitrogens with zero attached hydrogens (tertiary/aromatic N) is 4. The Bertz CT molecular complexity index is 951. The Morgan fingerprint density at radius 2 is 1.97 bits per heavy atom. The van der Waals surface area contributed by atoms with Crippen LogP contribution in [0.2, 0.25) is 0 Å². The summed E-state index contributed by atoms with van der Waals surface area (Å²) in [5.41, 5.74) is 3.46. The third kappa shape index (κ3) is 5.55. The van der Waals surface area contributed by atoms with Gasteiger partial charge < -0.3 is 14.5 Å². The van der Waals surface area contributed by atoms with E-state index in [1.165, 1.54) is 0 Å². The second-order valence-corrected chi connectivity index (χ2v) is 9.92. The number of amides is 2. The van der Waals surface area contributed by atoms with Crippen LogP contribution in [0.1, 0.15) is 55.1 Å². The van der Waals surface area contributed by atoms with Crippen LogP contribution < -0.4 is 4.74 Å². The van der Waals surface area contributed by atoms with Gasteiger partial charge in [-0.2, -0.15) is 0 Å². The van der Waals surface area contributed by atoms with Crippen molar-refractivity contribution in [2.45, 2.75) is 51.1 Å². The van der Waals surface area contributed by atoms with E-state index in [4.69, 9.17) is 4.74 Å². The Balaban J connectivity index is 1.62. The van der Waals surface area contributed by atoms with Gasteiger partial charge >= 0.3 is 0 Å². The first kappa shape index (κ1) is 23.7. The SMILES string of the molecule is CC(=O)N1CCCC[C@@]2(CCCN2Cc2cscn2)CN(C)C(=O)c2ccccc2OCC1. The lowest BCUT2D eigenvalue weighted by molar-refractivity contribution is -0.129. The molecule has 3 heterocycles. The molecule has 0 saturated carbocycles. The van der Waals surface area contributed by atoms with Crippen molar-refractivity contribution >= 4 is 23.2 Å². The van der Waals surface area contributed by atoms with Crippen molar-refractivity contribution in [2.75, 3.05) is 39.8 Å². The molecule has 1 saturated heterocycles. The first-order valence-corrected chi connectivity index (χ1v) is 12.8. The van der Waals surface area contributed by atoms with Crippen LogP contribution in [0.15, 0.2) is 35.2 Å². The van der Waals surface area contributed by atoms with Gasteiger partial charge in [-0.3, -0.25) is 14.5 Å². The van der Waals surface area contributed by atoms with Crippen LogP contribution in [-0.2, 0) is 11.3 Å². The van der Waals surface area contributed by atoms with Gasteiger partial charge in [0.25, 0.3) is 5.91 Å². The molecule has 0 bridgehead atoms. The number of fused-ring (bicyclic) bond motifs is 1. The monoisotopic (exact) mass is 470 g/mol. The van der Waals surface area contributed by atoms with Crippen molar-refractivity contribution < 1.29 is 14.3 Å². The number of ether oxygens (including phenoxy) is 1. The molecule has 0 aliphatic carbocycles. The average Bonchev–Trinajstić information content (AvgIpc) is 3.45. The maximum Gasteiger partial charge on any atom is 0.257 e. The first-order valence-electron chi connectivity index (χ1n) is 11.8. The molecule has 4 rings (SSSR count). The standard InChI is InChI=1S/C25H34N4O3S/c1-20(30)28-12-6-5-10-25(11-7-13-29(25)16-21-17-33-19-26-21)18-27(2)24(31)22-8-3-4-9-23(22)32-15-14-28/h3-4,8-9,17,19H,5-7,10-16,18H2,1-2H3/t25-/m1/s1. The van der Waals surface area contributed by atoms with Gasteiger partial charge in [-0.05, 0) is 50.8 Å². The molecular formula is C25H34N4O3S. The summed E-state index contributed by atoms with van der Waals surface area (Å²) >= 11 is 1.62. The van der Waals surface area contributed by atoms with Crippen LogP contribution in [-0.4, -0.2) is 76.9 Å². The van der Waals surface area contributed by atoms with E-state index in [1.54, 1.807) is 18.3 Å². The number of carbonyl (C=O) groups is 2. The smallest absolute Gasteiger partial charge is 0.257 e. The lowest BCUT2D eigenvalue weighted by Crippen LogP contribution is -2.52. The van der Waals surface area contributed by atoms with E-state index in [9.17, 15) is 9.59 Å². The molecule has 2 amide bonds. The Labute approximate surface area is 200 Å². The number of rotatable bonds is 2. The van der Waals surface area contributed by atoms with Crippen molar-refractivity contribution in [2.24, 2.45) is 0 Å². The van der Waals surface area contributed by atoms with Crippen LogP contribution in [0, 0.1) is 0 Å². The van der Waals surface area contributed by atoms with E-state index in [2.05, 4.69) is 15.3 Å². The number of benzene rings is 1. The molecule has 2 aliphatic rings. The number of likely N-dealkylation sites (tertiary alicyclic amines) is 1. The van der Waals surface area contributed by atoms with E-state index < -0.39 is 0 Å². The molecule has 8 heteroatoms. The molecule has 1 aromatic carbocycles. The maximum absolute atomic E-state index is 13.5. The van der Waals surface area contributed by atoms with Gasteiger partial charge in [0, 0.05) is 44.5 Å². The second-order valence-electron chi connectivity index (χ2n) is 9.20. The quantitative estimate of drug-likeness (QED) is 0.670. The minimum atomic E-state index is -0.0883. The molecule has 1 spiro atoms. The summed E-state index contributed by atoms with van der Waals surface area (Å²) in [7, 11) is 1.91. The van der Waals surface area contributed by atoms with Gasteiger partial charge in [-0.25, -0.2) is 4.98 Å². The molecule has 1 aromatic heterocycles. The lowest BCUT2D eigenvalue weighted by atomic mass is 9.88. The summed E-state index contributed by atoms with van der Waals surface area (Å²) in [6.45, 7) is 5.74. The predicted octanol–water partition coefficient (Wildman–Crippen LogP) is 3.66. The summed E-state index contributed by atoms with van der Waals surface area (Å²) < 4.78 is 5.98. The molecule has 1 fully saturated rings. The number of likely N-dealkylation sites (N-methyl/N-ethyl adjacent to an activating group) is 1. The van der Waals surface area contributed by atoms with Gasteiger partial charge in [0.2, 0.25) is 5.91 Å². The van der Waals surface area contributed by atoms with Crippen molar-refractivity contribution in [1.82, 2.24) is 19.7 Å². The maximum atomic E-state index is 13.5.